The number of benzene rings is 1. The largest absolute Gasteiger partial charge is 0.478 e. The summed E-state index contributed by atoms with van der Waals surface area (Å²) in [5, 5.41) is 12.1. The lowest BCUT2D eigenvalue weighted by Gasteiger charge is -2.01. The lowest BCUT2D eigenvalue weighted by atomic mass is 10.1. The number of aromatic nitrogens is 2. The van der Waals surface area contributed by atoms with E-state index in [-0.39, 0.29) is 11.3 Å². The molecule has 0 fully saturated rings. The molecule has 1 aromatic heterocycles. The van der Waals surface area contributed by atoms with Gasteiger partial charge in [-0.05, 0) is 18.2 Å². The molecule has 2 heterocycles. The molecule has 22 heavy (non-hydrogen) atoms. The molecule has 0 aromatic carbocycles. The minimum absolute atomic E-state index is 0.265. The van der Waals surface area contributed by atoms with Crippen LogP contribution in [0.2, 0.25) is 0 Å². The number of carboxylic acid groups (broad SMARTS) is 1. The summed E-state index contributed by atoms with van der Waals surface area (Å²) in [5.41, 5.74) is 0.324. The van der Waals surface area contributed by atoms with Crippen molar-refractivity contribution in [2.24, 2.45) is 0 Å². The van der Waals surface area contributed by atoms with E-state index in [2.05, 4.69) is 10.1 Å². The predicted molar refractivity (Wildman–Crippen MR) is 75.4 cm³/mol. The standard InChI is InChI=1S/C9H5NO4.C6H6FN/c11-7-4-8-5(1-2-10-14-8)3-6(7)9(12)13;7-4-6-2-1-3-8-5-6/h1-4H,(H,12,13);1-3,5H,4H2. The normalized spacial score (nSPS) is 9.86. The molecule has 1 N–H and O–H groups in total. The van der Waals surface area contributed by atoms with Crippen molar-refractivity contribution < 1.29 is 18.8 Å². The van der Waals surface area contributed by atoms with Crippen LogP contribution in [0.4, 0.5) is 4.39 Å². The average molecular weight is 302 g/mol. The van der Waals surface area contributed by atoms with Crippen molar-refractivity contribution in [1.82, 2.24) is 10.1 Å². The van der Waals surface area contributed by atoms with E-state index in [0.29, 0.717) is 11.1 Å². The third-order valence-corrected chi connectivity index (χ3v) is 2.69. The van der Waals surface area contributed by atoms with Gasteiger partial charge in [-0.25, -0.2) is 9.18 Å². The minimum atomic E-state index is -1.24. The van der Waals surface area contributed by atoms with Crippen molar-refractivity contribution in [3.05, 3.63) is 70.3 Å². The van der Waals surface area contributed by atoms with Crippen LogP contribution in [0.25, 0.3) is 11.3 Å². The molecule has 0 spiro atoms. The van der Waals surface area contributed by atoms with Crippen molar-refractivity contribution >= 4 is 5.97 Å². The first kappa shape index (κ1) is 15.3. The van der Waals surface area contributed by atoms with Crippen LogP contribution in [0.1, 0.15) is 15.9 Å². The van der Waals surface area contributed by atoms with Crippen LogP contribution >= 0.6 is 0 Å². The Morgan fingerprint density at radius 1 is 1.27 bits per heavy atom. The van der Waals surface area contributed by atoms with Crippen LogP contribution in [-0.4, -0.2) is 21.2 Å². The second-order valence-corrected chi connectivity index (χ2v) is 4.20. The number of rotatable bonds is 2. The summed E-state index contributed by atoms with van der Waals surface area (Å²) in [7, 11) is 0. The molecule has 0 radical (unpaired) electrons. The molecule has 1 aromatic rings. The van der Waals surface area contributed by atoms with Gasteiger partial charge in [-0.15, -0.1) is 0 Å². The van der Waals surface area contributed by atoms with E-state index in [4.69, 9.17) is 9.63 Å². The molecule has 7 heteroatoms. The number of carboxylic acids is 1. The predicted octanol–water partition coefficient (Wildman–Crippen LogP) is 2.39. The number of alkyl halides is 1. The molecule has 2 aliphatic rings. The highest BCUT2D eigenvalue weighted by Crippen LogP contribution is 2.18. The number of fused-ring (bicyclic) bond motifs is 1. The van der Waals surface area contributed by atoms with Crippen molar-refractivity contribution in [2.75, 3.05) is 0 Å². The zero-order valence-electron chi connectivity index (χ0n) is 11.3. The van der Waals surface area contributed by atoms with Crippen LogP contribution in [0.15, 0.2) is 58.2 Å². The topological polar surface area (TPSA) is 93.3 Å². The first-order valence-electron chi connectivity index (χ1n) is 6.18. The Hall–Kier alpha value is -3.09. The average Bonchev–Trinajstić information content (AvgIpc) is 2.55. The number of nitrogens with zero attached hydrogens (tertiary/aromatic N) is 2. The molecular formula is C15H11FN2O4. The van der Waals surface area contributed by atoms with Gasteiger partial charge in [0.15, 0.2) is 11.2 Å². The highest BCUT2D eigenvalue weighted by molar-refractivity contribution is 5.89. The van der Waals surface area contributed by atoms with Crippen molar-refractivity contribution in [1.29, 1.82) is 0 Å². The molecule has 0 atom stereocenters. The lowest BCUT2D eigenvalue weighted by molar-refractivity contribution is 0.0695. The highest BCUT2D eigenvalue weighted by atomic mass is 19.1. The van der Waals surface area contributed by atoms with Gasteiger partial charge in [0.1, 0.15) is 12.2 Å². The van der Waals surface area contributed by atoms with Crippen LogP contribution in [0.5, 0.6) is 0 Å². The van der Waals surface area contributed by atoms with Crippen LogP contribution < -0.4 is 5.43 Å². The zero-order valence-corrected chi connectivity index (χ0v) is 11.3. The quantitative estimate of drug-likeness (QED) is 0.781. The summed E-state index contributed by atoms with van der Waals surface area (Å²) < 4.78 is 16.5. The summed E-state index contributed by atoms with van der Waals surface area (Å²) in [5.74, 6) is -0.962. The van der Waals surface area contributed by atoms with E-state index in [9.17, 15) is 14.0 Å². The van der Waals surface area contributed by atoms with Crippen LogP contribution in [-0.2, 0) is 6.67 Å². The van der Waals surface area contributed by atoms with Crippen molar-refractivity contribution in [3.63, 3.8) is 0 Å². The van der Waals surface area contributed by atoms with Gasteiger partial charge in [-0.2, -0.15) is 0 Å². The van der Waals surface area contributed by atoms with Gasteiger partial charge in [0.2, 0.25) is 0 Å². The van der Waals surface area contributed by atoms with Gasteiger partial charge in [0.05, 0.1) is 6.20 Å². The molecule has 1 aliphatic carbocycles. The summed E-state index contributed by atoms with van der Waals surface area (Å²) in [6, 6.07) is 7.38. The van der Waals surface area contributed by atoms with Gasteiger partial charge in [0.25, 0.3) is 0 Å². The number of aromatic carboxylic acids is 1. The number of pyridine rings is 1. The van der Waals surface area contributed by atoms with E-state index in [1.54, 1.807) is 24.4 Å². The maximum absolute atomic E-state index is 11.7. The molecule has 3 rings (SSSR count). The van der Waals surface area contributed by atoms with Crippen LogP contribution in [0.3, 0.4) is 0 Å². The van der Waals surface area contributed by atoms with Crippen molar-refractivity contribution in [3.8, 4) is 11.3 Å². The van der Waals surface area contributed by atoms with E-state index in [1.165, 1.54) is 18.5 Å². The monoisotopic (exact) mass is 302 g/mol. The Morgan fingerprint density at radius 3 is 2.68 bits per heavy atom. The highest BCUT2D eigenvalue weighted by Gasteiger charge is 2.13. The molecular weight excluding hydrogens is 291 g/mol. The SMILES string of the molecule is FCc1cccnc1.O=C(O)c1cc2ccnoc-2cc1=O. The molecule has 6 nitrogen and oxygen atoms in total. The summed E-state index contributed by atoms with van der Waals surface area (Å²) >= 11 is 0. The molecule has 0 unspecified atom stereocenters. The van der Waals surface area contributed by atoms with E-state index >= 15 is 0 Å². The van der Waals surface area contributed by atoms with Gasteiger partial charge >= 0.3 is 5.97 Å². The number of carbonyl (C=O) groups is 1. The second kappa shape index (κ2) is 7.07. The smallest absolute Gasteiger partial charge is 0.339 e. The molecule has 0 bridgehead atoms. The summed E-state index contributed by atoms with van der Waals surface area (Å²) in [6.07, 6.45) is 4.53. The lowest BCUT2D eigenvalue weighted by Crippen LogP contribution is -2.14. The van der Waals surface area contributed by atoms with Gasteiger partial charge in [0, 0.05) is 29.6 Å². The molecule has 0 saturated carbocycles. The Kier molecular flexibility index (Phi) is 4.92. The third-order valence-electron chi connectivity index (χ3n) is 2.69. The zero-order chi connectivity index (χ0) is 15.9. The first-order chi connectivity index (χ1) is 10.6. The van der Waals surface area contributed by atoms with Crippen LogP contribution in [0, 0.1) is 0 Å². The molecule has 112 valence electrons. The fourth-order valence-corrected chi connectivity index (χ4v) is 1.63. The number of halogens is 1. The Balaban J connectivity index is 0.000000188. The van der Waals surface area contributed by atoms with Gasteiger partial charge in [-0.3, -0.25) is 9.78 Å². The van der Waals surface area contributed by atoms with E-state index in [1.807, 2.05) is 0 Å². The number of hydrogen-bond acceptors (Lipinski definition) is 5. The van der Waals surface area contributed by atoms with E-state index < -0.39 is 18.1 Å². The minimum Gasteiger partial charge on any atom is -0.478 e. The van der Waals surface area contributed by atoms with E-state index in [0.717, 1.165) is 6.07 Å². The fraction of sp³-hybridized carbons (Fsp3) is 0.0667. The fourth-order valence-electron chi connectivity index (χ4n) is 1.63. The first-order valence-corrected chi connectivity index (χ1v) is 6.18. The molecule has 0 amide bonds. The second-order valence-electron chi connectivity index (χ2n) is 4.20. The number of hydrogen-bond donors (Lipinski definition) is 1. The Morgan fingerprint density at radius 2 is 2.09 bits per heavy atom. The van der Waals surface area contributed by atoms with Crippen molar-refractivity contribution in [2.45, 2.75) is 6.67 Å². The maximum Gasteiger partial charge on any atom is 0.339 e. The third kappa shape index (κ3) is 3.72. The van der Waals surface area contributed by atoms with Gasteiger partial charge in [-0.1, -0.05) is 11.2 Å². The Labute approximate surface area is 124 Å². The summed E-state index contributed by atoms with van der Waals surface area (Å²) in [4.78, 5) is 25.5. The van der Waals surface area contributed by atoms with Gasteiger partial charge < -0.3 is 9.63 Å². The summed E-state index contributed by atoms with van der Waals surface area (Å²) in [6.45, 7) is -0.423. The maximum atomic E-state index is 11.7. The Bertz CT molecular complexity index is 789. The molecule has 1 aliphatic heterocycles. The molecule has 0 saturated heterocycles.